The standard InChI is InChI=1S/C20H27FN2O3/c1-12-16(8-9-17(21)22-12)18(24)13-10-14-6-5-7-15(11-13)23(14)19(25)26-20(2,3)4/h8-9,13-15H,5-7,10-11H2,1-4H3. The van der Waals surface area contributed by atoms with E-state index in [9.17, 15) is 14.0 Å². The van der Waals surface area contributed by atoms with Crippen LogP contribution in [0.4, 0.5) is 9.18 Å². The van der Waals surface area contributed by atoms with Crippen LogP contribution in [0.25, 0.3) is 0 Å². The number of aromatic nitrogens is 1. The van der Waals surface area contributed by atoms with Gasteiger partial charge in [-0.2, -0.15) is 4.39 Å². The van der Waals surface area contributed by atoms with Crippen LogP contribution < -0.4 is 0 Å². The maximum Gasteiger partial charge on any atom is 0.410 e. The van der Waals surface area contributed by atoms with Gasteiger partial charge in [-0.05, 0) is 71.9 Å². The zero-order chi connectivity index (χ0) is 19.1. The van der Waals surface area contributed by atoms with Crippen molar-refractivity contribution in [3.63, 3.8) is 0 Å². The Morgan fingerprint density at radius 2 is 1.81 bits per heavy atom. The maximum absolute atomic E-state index is 13.2. The van der Waals surface area contributed by atoms with E-state index < -0.39 is 11.5 Å². The van der Waals surface area contributed by atoms with Crippen LogP contribution in [0.3, 0.4) is 0 Å². The monoisotopic (exact) mass is 362 g/mol. The Morgan fingerprint density at radius 3 is 2.35 bits per heavy atom. The third-order valence-corrected chi connectivity index (χ3v) is 5.27. The number of aryl methyl sites for hydroxylation is 1. The average molecular weight is 362 g/mol. The fraction of sp³-hybridized carbons (Fsp3) is 0.650. The molecule has 2 fully saturated rings. The molecular weight excluding hydrogens is 335 g/mol. The molecule has 1 aromatic heterocycles. The number of hydrogen-bond donors (Lipinski definition) is 0. The Labute approximate surface area is 153 Å². The predicted molar refractivity (Wildman–Crippen MR) is 95.5 cm³/mol. The van der Waals surface area contributed by atoms with Gasteiger partial charge in [0.05, 0.1) is 5.69 Å². The van der Waals surface area contributed by atoms with Crippen LogP contribution >= 0.6 is 0 Å². The molecule has 2 saturated heterocycles. The molecule has 3 heterocycles. The van der Waals surface area contributed by atoms with E-state index in [0.29, 0.717) is 24.1 Å². The van der Waals surface area contributed by atoms with Crippen molar-refractivity contribution < 1.29 is 18.7 Å². The molecule has 2 atom stereocenters. The Morgan fingerprint density at radius 1 is 1.19 bits per heavy atom. The van der Waals surface area contributed by atoms with Crippen LogP contribution in [-0.2, 0) is 4.74 Å². The summed E-state index contributed by atoms with van der Waals surface area (Å²) in [6.07, 6.45) is 3.82. The van der Waals surface area contributed by atoms with Crippen LogP contribution in [0.2, 0.25) is 0 Å². The minimum atomic E-state index is -0.573. The third-order valence-electron chi connectivity index (χ3n) is 5.27. The molecular formula is C20H27FN2O3. The van der Waals surface area contributed by atoms with Crippen LogP contribution in [0.15, 0.2) is 12.1 Å². The first kappa shape index (κ1) is 18.8. The van der Waals surface area contributed by atoms with Crippen LogP contribution in [0, 0.1) is 18.8 Å². The van der Waals surface area contributed by atoms with Gasteiger partial charge in [-0.25, -0.2) is 9.78 Å². The minimum absolute atomic E-state index is 0.00994. The Hall–Kier alpha value is -1.98. The first-order valence-corrected chi connectivity index (χ1v) is 9.34. The van der Waals surface area contributed by atoms with Gasteiger partial charge >= 0.3 is 6.09 Å². The van der Waals surface area contributed by atoms with Crippen molar-refractivity contribution >= 4 is 11.9 Å². The van der Waals surface area contributed by atoms with Crippen molar-refractivity contribution in [3.8, 4) is 0 Å². The van der Waals surface area contributed by atoms with E-state index in [4.69, 9.17) is 4.74 Å². The summed E-state index contributed by atoms with van der Waals surface area (Å²) >= 11 is 0. The number of nitrogens with zero attached hydrogens (tertiary/aromatic N) is 2. The number of amides is 1. The van der Waals surface area contributed by atoms with E-state index in [0.717, 1.165) is 19.3 Å². The highest BCUT2D eigenvalue weighted by atomic mass is 19.1. The molecule has 2 bridgehead atoms. The number of fused-ring (bicyclic) bond motifs is 2. The van der Waals surface area contributed by atoms with Gasteiger partial charge in [-0.3, -0.25) is 4.79 Å². The number of Topliss-reactive ketones (excluding diaryl/α,β-unsaturated/α-hetero) is 1. The summed E-state index contributed by atoms with van der Waals surface area (Å²) in [5.41, 5.74) is 0.379. The second-order valence-corrected chi connectivity index (χ2v) is 8.43. The summed E-state index contributed by atoms with van der Waals surface area (Å²) < 4.78 is 18.8. The molecule has 0 saturated carbocycles. The number of hydrogen-bond acceptors (Lipinski definition) is 4. The molecule has 0 aliphatic carbocycles. The van der Waals surface area contributed by atoms with Crippen LogP contribution in [0.1, 0.15) is 68.9 Å². The lowest BCUT2D eigenvalue weighted by Crippen LogP contribution is -2.56. The number of pyridine rings is 1. The second-order valence-electron chi connectivity index (χ2n) is 8.43. The van der Waals surface area contributed by atoms with E-state index in [-0.39, 0.29) is 29.9 Å². The number of carbonyl (C=O) groups excluding carboxylic acids is 2. The molecule has 142 valence electrons. The van der Waals surface area contributed by atoms with E-state index in [1.54, 1.807) is 6.92 Å². The highest BCUT2D eigenvalue weighted by molar-refractivity contribution is 5.99. The fourth-order valence-electron chi connectivity index (χ4n) is 4.22. The maximum atomic E-state index is 13.2. The molecule has 26 heavy (non-hydrogen) atoms. The summed E-state index contributed by atoms with van der Waals surface area (Å²) in [7, 11) is 0. The number of halogens is 1. The fourth-order valence-corrected chi connectivity index (χ4v) is 4.22. The Balaban J connectivity index is 1.77. The Bertz CT molecular complexity index is 699. The molecule has 1 aromatic rings. The first-order valence-electron chi connectivity index (χ1n) is 9.34. The number of ketones is 1. The smallest absolute Gasteiger partial charge is 0.410 e. The van der Waals surface area contributed by atoms with Gasteiger partial charge in [-0.1, -0.05) is 0 Å². The SMILES string of the molecule is Cc1nc(F)ccc1C(=O)C1CC2CCCC(C1)N2C(=O)OC(C)(C)C. The molecule has 6 heteroatoms. The number of ether oxygens (including phenoxy) is 1. The molecule has 2 aliphatic rings. The second kappa shape index (κ2) is 6.97. The van der Waals surface area contributed by atoms with Crippen molar-refractivity contribution in [1.82, 2.24) is 9.88 Å². The molecule has 2 aliphatic heterocycles. The molecule has 5 nitrogen and oxygen atoms in total. The molecule has 0 spiro atoms. The summed E-state index contributed by atoms with van der Waals surface area (Å²) in [5.74, 6) is -0.721. The summed E-state index contributed by atoms with van der Waals surface area (Å²) in [6, 6.07) is 2.81. The highest BCUT2D eigenvalue weighted by Gasteiger charge is 2.44. The average Bonchev–Trinajstić information content (AvgIpc) is 2.51. The number of carbonyl (C=O) groups is 2. The Kier molecular flexibility index (Phi) is 5.04. The van der Waals surface area contributed by atoms with Gasteiger partial charge in [0.2, 0.25) is 5.95 Å². The largest absolute Gasteiger partial charge is 0.444 e. The molecule has 1 amide bonds. The van der Waals surface area contributed by atoms with E-state index in [1.807, 2.05) is 25.7 Å². The van der Waals surface area contributed by atoms with E-state index in [2.05, 4.69) is 4.98 Å². The lowest BCUT2D eigenvalue weighted by Gasteiger charge is -2.48. The van der Waals surface area contributed by atoms with Gasteiger partial charge in [0.1, 0.15) is 5.60 Å². The molecule has 0 N–H and O–H groups in total. The first-order chi connectivity index (χ1) is 12.2. The van der Waals surface area contributed by atoms with Crippen LogP contribution in [-0.4, -0.2) is 39.4 Å². The zero-order valence-electron chi connectivity index (χ0n) is 15.9. The lowest BCUT2D eigenvalue weighted by molar-refractivity contribution is -0.0261. The lowest BCUT2D eigenvalue weighted by atomic mass is 9.75. The number of piperidine rings is 2. The van der Waals surface area contributed by atoms with Crippen molar-refractivity contribution in [1.29, 1.82) is 0 Å². The van der Waals surface area contributed by atoms with Gasteiger partial charge in [0.25, 0.3) is 0 Å². The zero-order valence-corrected chi connectivity index (χ0v) is 15.9. The quantitative estimate of drug-likeness (QED) is 0.582. The van der Waals surface area contributed by atoms with Gasteiger partial charge < -0.3 is 9.64 Å². The normalized spacial score (nSPS) is 25.7. The summed E-state index contributed by atoms with van der Waals surface area (Å²) in [5, 5.41) is 0. The van der Waals surface area contributed by atoms with E-state index >= 15 is 0 Å². The van der Waals surface area contributed by atoms with Gasteiger partial charge in [0, 0.05) is 23.6 Å². The highest BCUT2D eigenvalue weighted by Crippen LogP contribution is 2.39. The van der Waals surface area contributed by atoms with Crippen LogP contribution in [0.5, 0.6) is 0 Å². The van der Waals surface area contributed by atoms with E-state index in [1.165, 1.54) is 12.1 Å². The minimum Gasteiger partial charge on any atom is -0.444 e. The van der Waals surface area contributed by atoms with Crippen molar-refractivity contribution in [3.05, 3.63) is 29.3 Å². The molecule has 2 unspecified atom stereocenters. The number of rotatable bonds is 2. The van der Waals surface area contributed by atoms with Crippen molar-refractivity contribution in [2.75, 3.05) is 0 Å². The molecule has 0 aromatic carbocycles. The van der Waals surface area contributed by atoms with Gasteiger partial charge in [0.15, 0.2) is 5.78 Å². The predicted octanol–water partition coefficient (Wildman–Crippen LogP) is 4.28. The topological polar surface area (TPSA) is 59.5 Å². The molecule has 3 rings (SSSR count). The summed E-state index contributed by atoms with van der Waals surface area (Å²) in [6.45, 7) is 7.25. The van der Waals surface area contributed by atoms with Crippen molar-refractivity contribution in [2.24, 2.45) is 5.92 Å². The van der Waals surface area contributed by atoms with Gasteiger partial charge in [-0.15, -0.1) is 0 Å². The third kappa shape index (κ3) is 3.89. The van der Waals surface area contributed by atoms with Crippen molar-refractivity contribution in [2.45, 2.75) is 77.5 Å². The summed E-state index contributed by atoms with van der Waals surface area (Å²) in [4.78, 5) is 31.2. The molecule has 0 radical (unpaired) electrons.